The van der Waals surface area contributed by atoms with Crippen molar-refractivity contribution in [2.45, 2.75) is 138 Å². The molecule has 56 heavy (non-hydrogen) atoms. The van der Waals surface area contributed by atoms with Gasteiger partial charge >= 0.3 is 6.09 Å². The number of aryl methyl sites for hydroxylation is 1. The van der Waals surface area contributed by atoms with E-state index in [4.69, 9.17) is 24.2 Å². The molecule has 2 aromatic rings. The van der Waals surface area contributed by atoms with Gasteiger partial charge in [-0.05, 0) is 83.3 Å². The summed E-state index contributed by atoms with van der Waals surface area (Å²) in [7, 11) is -2.31. The largest absolute Gasteiger partial charge is 0.497 e. The Bertz CT molecular complexity index is 2040. The fourth-order valence-corrected chi connectivity index (χ4v) is 10.0. The van der Waals surface area contributed by atoms with Crippen molar-refractivity contribution in [2.24, 2.45) is 11.8 Å². The summed E-state index contributed by atoms with van der Waals surface area (Å²) >= 11 is 0. The number of alkyl carbamates (subject to hydrolysis) is 1. The Morgan fingerprint density at radius 3 is 2.61 bits per heavy atom. The van der Waals surface area contributed by atoms with Crippen LogP contribution >= 0.6 is 0 Å². The van der Waals surface area contributed by atoms with Gasteiger partial charge in [-0.25, -0.2) is 23.2 Å². The molecule has 0 spiro atoms. The molecule has 8 rings (SSSR count). The monoisotopic (exact) mass is 792 g/mol. The number of rotatable bonds is 4. The minimum absolute atomic E-state index is 0.000206. The standard InChI is InChI=1S/C40H52N6O9S/c1-39-21-24(39)11-8-6-10-13-30-35(42-32-19-26(53-2)15-18-29(32)41-30)54-27-20-33-34(47)44-40(37(49)45-56(51,52)28-16-17-28)22-25(40)12-7-4-3-5-9-14-31(43-38(50)55-39)36(48)46(33)23-27/h7,12,15,18-19,24-25,27-28,31,33H,3-6,8-11,13-14,16-17,20-23H2,1-2H3,(H,43,50)(H,44,47)(H,45,49)/b12-7-/t24-,25-,27-,31+,33+,39-,40?/m1/s1. The van der Waals surface area contributed by atoms with E-state index in [2.05, 4.69) is 15.4 Å². The first-order valence-corrected chi connectivity index (χ1v) is 21.8. The first-order chi connectivity index (χ1) is 26.9. The highest BCUT2D eigenvalue weighted by atomic mass is 32.2. The van der Waals surface area contributed by atoms with Crippen LogP contribution in [0.1, 0.15) is 103 Å². The number of hydrogen-bond acceptors (Lipinski definition) is 11. The van der Waals surface area contributed by atoms with Gasteiger partial charge in [0.25, 0.3) is 5.91 Å². The first kappa shape index (κ1) is 38.4. The third-order valence-corrected chi connectivity index (χ3v) is 14.3. The van der Waals surface area contributed by atoms with Crippen LogP contribution in [-0.2, 0) is 35.6 Å². The summed E-state index contributed by atoms with van der Waals surface area (Å²) in [6, 6.07) is 3.39. The van der Waals surface area contributed by atoms with Gasteiger partial charge in [-0.3, -0.25) is 19.1 Å². The number of hydrogen-bond donors (Lipinski definition) is 3. The molecule has 3 aliphatic carbocycles. The number of carbonyl (C=O) groups excluding carboxylic acids is 4. The zero-order valence-electron chi connectivity index (χ0n) is 32.1. The van der Waals surface area contributed by atoms with Gasteiger partial charge in [-0.2, -0.15) is 0 Å². The van der Waals surface area contributed by atoms with Crippen LogP contribution in [0.2, 0.25) is 0 Å². The highest BCUT2D eigenvalue weighted by Crippen LogP contribution is 2.50. The normalized spacial score (nSPS) is 33.3. The minimum Gasteiger partial charge on any atom is -0.497 e. The van der Waals surface area contributed by atoms with Crippen molar-refractivity contribution in [1.29, 1.82) is 0 Å². The summed E-state index contributed by atoms with van der Waals surface area (Å²) in [6.07, 6.45) is 12.0. The molecule has 1 unspecified atom stereocenters. The molecule has 0 radical (unpaired) electrons. The molecule has 4 amide bonds. The molecular formula is C40H52N6O9S. The van der Waals surface area contributed by atoms with Gasteiger partial charge in [0.2, 0.25) is 27.7 Å². The summed E-state index contributed by atoms with van der Waals surface area (Å²) in [5.41, 5.74) is -0.170. The van der Waals surface area contributed by atoms with Crippen molar-refractivity contribution in [3.05, 3.63) is 36.0 Å². The van der Waals surface area contributed by atoms with Gasteiger partial charge in [0.05, 0.1) is 29.9 Å². The first-order valence-electron chi connectivity index (χ1n) is 20.2. The lowest BCUT2D eigenvalue weighted by molar-refractivity contribution is -0.141. The number of aromatic nitrogens is 2. The molecule has 4 fully saturated rings. The number of fused-ring (bicyclic) bond motifs is 6. The predicted octanol–water partition coefficient (Wildman–Crippen LogP) is 3.98. The maximum absolute atomic E-state index is 14.7. The van der Waals surface area contributed by atoms with Crippen LogP contribution in [0.5, 0.6) is 11.6 Å². The highest BCUT2D eigenvalue weighted by Gasteiger charge is 2.62. The SMILES string of the molecule is COc1ccc2nc3c(nc2c1)O[C@@H]1C[C@H]2C(=O)NC4(C(=O)NS(=O)(=O)C5CC5)C[C@H]4/C=C\CCCCC[C@H](NC(=O)O[C@]4(C)C[C@H]4CCCCC3)C(=O)N2C1. The van der Waals surface area contributed by atoms with Crippen molar-refractivity contribution in [3.63, 3.8) is 0 Å². The van der Waals surface area contributed by atoms with Gasteiger partial charge in [0.1, 0.15) is 40.8 Å². The molecule has 16 heteroatoms. The third-order valence-electron chi connectivity index (χ3n) is 12.5. The van der Waals surface area contributed by atoms with Crippen molar-refractivity contribution in [2.75, 3.05) is 13.7 Å². The Morgan fingerprint density at radius 1 is 1.00 bits per heavy atom. The van der Waals surface area contributed by atoms with Crippen LogP contribution in [0.3, 0.4) is 0 Å². The number of allylic oxidation sites excluding steroid dienone is 1. The fraction of sp³-hybridized carbons (Fsp3) is 0.650. The Labute approximate surface area is 327 Å². The molecule has 302 valence electrons. The molecule has 3 saturated carbocycles. The van der Waals surface area contributed by atoms with Crippen molar-refractivity contribution in [1.82, 2.24) is 30.2 Å². The minimum atomic E-state index is -3.89. The average Bonchev–Trinajstić information content (AvgIpc) is 4.11. The van der Waals surface area contributed by atoms with Gasteiger partial charge < -0.3 is 29.7 Å². The maximum atomic E-state index is 14.7. The molecule has 6 aliphatic rings. The van der Waals surface area contributed by atoms with E-state index in [0.717, 1.165) is 44.9 Å². The molecule has 1 aromatic heterocycles. The summed E-state index contributed by atoms with van der Waals surface area (Å²) < 4.78 is 46.0. The van der Waals surface area contributed by atoms with Crippen LogP contribution in [0.15, 0.2) is 30.4 Å². The maximum Gasteiger partial charge on any atom is 0.408 e. The quantitative estimate of drug-likeness (QED) is 0.379. The van der Waals surface area contributed by atoms with E-state index in [9.17, 15) is 27.6 Å². The van der Waals surface area contributed by atoms with Gasteiger partial charge in [0.15, 0.2) is 0 Å². The number of amides is 4. The smallest absolute Gasteiger partial charge is 0.408 e. The van der Waals surface area contributed by atoms with Gasteiger partial charge in [0, 0.05) is 24.3 Å². The Kier molecular flexibility index (Phi) is 10.4. The summed E-state index contributed by atoms with van der Waals surface area (Å²) in [5.74, 6) is -1.12. The van der Waals surface area contributed by atoms with E-state index in [1.54, 1.807) is 13.2 Å². The van der Waals surface area contributed by atoms with Gasteiger partial charge in [-0.15, -0.1) is 0 Å². The lowest BCUT2D eigenvalue weighted by atomic mass is 10.0. The fourth-order valence-electron chi connectivity index (χ4n) is 8.65. The highest BCUT2D eigenvalue weighted by molar-refractivity contribution is 7.91. The average molecular weight is 793 g/mol. The van der Waals surface area contributed by atoms with Crippen molar-refractivity contribution >= 4 is 44.9 Å². The second kappa shape index (κ2) is 15.1. The lowest BCUT2D eigenvalue weighted by Crippen LogP contribution is -2.58. The molecule has 3 aliphatic heterocycles. The lowest BCUT2D eigenvalue weighted by Gasteiger charge is -2.30. The number of sulfonamides is 1. The molecule has 7 atom stereocenters. The van der Waals surface area contributed by atoms with Crippen LogP contribution in [-0.4, -0.2) is 95.3 Å². The summed E-state index contributed by atoms with van der Waals surface area (Å²) in [4.78, 5) is 67.6. The van der Waals surface area contributed by atoms with Crippen LogP contribution in [0.25, 0.3) is 11.0 Å². The van der Waals surface area contributed by atoms with Crippen molar-refractivity contribution in [3.8, 4) is 11.6 Å². The number of nitrogens with zero attached hydrogens (tertiary/aromatic N) is 3. The molecular weight excluding hydrogens is 741 g/mol. The molecule has 15 nitrogen and oxygen atoms in total. The van der Waals surface area contributed by atoms with Crippen LogP contribution in [0, 0.1) is 11.8 Å². The third kappa shape index (κ3) is 8.03. The van der Waals surface area contributed by atoms with E-state index >= 15 is 0 Å². The molecule has 4 heterocycles. The predicted molar refractivity (Wildman–Crippen MR) is 204 cm³/mol. The molecule has 1 saturated heterocycles. The second-order valence-corrected chi connectivity index (χ2v) is 18.7. The zero-order valence-corrected chi connectivity index (χ0v) is 32.9. The molecule has 1 aromatic carbocycles. The number of carbonyl (C=O) groups is 4. The second-order valence-electron chi connectivity index (χ2n) is 16.7. The molecule has 3 N–H and O–H groups in total. The number of methoxy groups -OCH3 is 1. The van der Waals surface area contributed by atoms with Gasteiger partial charge in [-0.1, -0.05) is 37.8 Å². The van der Waals surface area contributed by atoms with E-state index in [1.165, 1.54) is 4.90 Å². The topological polar surface area (TPSA) is 195 Å². The Hall–Kier alpha value is -4.47. The van der Waals surface area contributed by atoms with E-state index in [-0.39, 0.29) is 25.3 Å². The van der Waals surface area contributed by atoms with Crippen LogP contribution in [0.4, 0.5) is 4.79 Å². The summed E-state index contributed by atoms with van der Waals surface area (Å²) in [6.45, 7) is 1.93. The molecule has 3 bridgehead atoms. The van der Waals surface area contributed by atoms with E-state index in [0.29, 0.717) is 66.9 Å². The zero-order chi connectivity index (χ0) is 39.2. The Balaban J connectivity index is 1.14. The van der Waals surface area contributed by atoms with Crippen LogP contribution < -0.4 is 24.8 Å². The van der Waals surface area contributed by atoms with E-state index < -0.39 is 74.3 Å². The summed E-state index contributed by atoms with van der Waals surface area (Å²) in [5, 5.41) is 5.14. The van der Waals surface area contributed by atoms with E-state index in [1.807, 2.05) is 31.2 Å². The van der Waals surface area contributed by atoms with Crippen molar-refractivity contribution < 1.29 is 41.8 Å². The number of benzene rings is 1. The number of nitrogens with one attached hydrogen (secondary N) is 3. The number of ether oxygens (including phenoxy) is 3. The Morgan fingerprint density at radius 2 is 1.80 bits per heavy atom.